The van der Waals surface area contributed by atoms with Crippen LogP contribution >= 0.6 is 0 Å². The largest absolute Gasteiger partial charge is 0.356 e. The van der Waals surface area contributed by atoms with Gasteiger partial charge in [0.05, 0.1) is 0 Å². The second-order valence-electron chi connectivity index (χ2n) is 5.85. The van der Waals surface area contributed by atoms with Crippen molar-refractivity contribution in [1.29, 1.82) is 0 Å². The molecule has 1 amide bonds. The highest BCUT2D eigenvalue weighted by Gasteiger charge is 2.25. The first-order valence-electron chi connectivity index (χ1n) is 7.29. The van der Waals surface area contributed by atoms with E-state index < -0.39 is 0 Å². The van der Waals surface area contributed by atoms with Gasteiger partial charge in [0.15, 0.2) is 0 Å². The summed E-state index contributed by atoms with van der Waals surface area (Å²) in [4.78, 5) is 12.0. The van der Waals surface area contributed by atoms with Crippen molar-refractivity contribution in [3.8, 4) is 0 Å². The second kappa shape index (κ2) is 6.39. The van der Waals surface area contributed by atoms with E-state index >= 15 is 0 Å². The van der Waals surface area contributed by atoms with E-state index in [2.05, 4.69) is 5.32 Å². The van der Waals surface area contributed by atoms with Crippen molar-refractivity contribution >= 4 is 5.91 Å². The van der Waals surface area contributed by atoms with Crippen molar-refractivity contribution in [3.63, 3.8) is 0 Å². The van der Waals surface area contributed by atoms with Gasteiger partial charge in [-0.25, -0.2) is 0 Å². The molecule has 0 aromatic heterocycles. The monoisotopic (exact) mass is 238 g/mol. The SMILES string of the molecule is NC1CCCC(C(=O)NCCC2CCCC2)C1. The molecule has 0 aliphatic heterocycles. The van der Waals surface area contributed by atoms with Gasteiger partial charge in [-0.1, -0.05) is 32.1 Å². The lowest BCUT2D eigenvalue weighted by molar-refractivity contribution is -0.126. The zero-order chi connectivity index (χ0) is 12.1. The molecule has 2 rings (SSSR count). The molecule has 2 atom stereocenters. The first-order valence-corrected chi connectivity index (χ1v) is 7.29. The number of nitrogens with two attached hydrogens (primary N) is 1. The highest BCUT2D eigenvalue weighted by Crippen LogP contribution is 2.27. The fourth-order valence-electron chi connectivity index (χ4n) is 3.31. The van der Waals surface area contributed by atoms with Gasteiger partial charge >= 0.3 is 0 Å². The maximum atomic E-state index is 12.0. The minimum atomic E-state index is 0.183. The molecule has 0 aromatic carbocycles. The normalized spacial score (nSPS) is 30.4. The number of hydrogen-bond acceptors (Lipinski definition) is 2. The van der Waals surface area contributed by atoms with Crippen LogP contribution in [0.2, 0.25) is 0 Å². The molecule has 17 heavy (non-hydrogen) atoms. The van der Waals surface area contributed by atoms with Crippen LogP contribution in [0.1, 0.15) is 57.8 Å². The first-order chi connectivity index (χ1) is 8.25. The molecule has 0 spiro atoms. The average Bonchev–Trinajstić information content (AvgIpc) is 2.82. The minimum absolute atomic E-state index is 0.183. The fraction of sp³-hybridized carbons (Fsp3) is 0.929. The van der Waals surface area contributed by atoms with Gasteiger partial charge in [-0.15, -0.1) is 0 Å². The standard InChI is InChI=1S/C14H26N2O/c15-13-7-3-6-12(10-13)14(17)16-9-8-11-4-1-2-5-11/h11-13H,1-10,15H2,(H,16,17). The van der Waals surface area contributed by atoms with Crippen molar-refractivity contribution < 1.29 is 4.79 Å². The molecule has 2 aliphatic rings. The Kier molecular flexibility index (Phi) is 4.84. The molecule has 2 fully saturated rings. The molecule has 2 aliphatic carbocycles. The third kappa shape index (κ3) is 3.98. The first kappa shape index (κ1) is 12.9. The molecular weight excluding hydrogens is 212 g/mol. The Bertz CT molecular complexity index is 249. The lowest BCUT2D eigenvalue weighted by Crippen LogP contribution is -2.38. The summed E-state index contributed by atoms with van der Waals surface area (Å²) in [6.07, 6.45) is 10.8. The van der Waals surface area contributed by atoms with E-state index in [1.807, 2.05) is 0 Å². The Labute approximate surface area is 105 Å². The number of carbonyl (C=O) groups is 1. The number of amides is 1. The van der Waals surface area contributed by atoms with Crippen molar-refractivity contribution in [3.05, 3.63) is 0 Å². The van der Waals surface area contributed by atoms with E-state index in [4.69, 9.17) is 5.73 Å². The van der Waals surface area contributed by atoms with Crippen LogP contribution in [0.5, 0.6) is 0 Å². The Hall–Kier alpha value is -0.570. The number of hydrogen-bond donors (Lipinski definition) is 2. The molecule has 0 radical (unpaired) electrons. The molecule has 0 heterocycles. The highest BCUT2D eigenvalue weighted by molar-refractivity contribution is 5.78. The van der Waals surface area contributed by atoms with Crippen molar-refractivity contribution in [2.45, 2.75) is 63.8 Å². The number of nitrogens with one attached hydrogen (secondary N) is 1. The molecule has 0 aromatic rings. The van der Waals surface area contributed by atoms with Gasteiger partial charge < -0.3 is 11.1 Å². The number of rotatable bonds is 4. The summed E-state index contributed by atoms with van der Waals surface area (Å²) in [5.74, 6) is 1.30. The Morgan fingerprint density at radius 3 is 2.59 bits per heavy atom. The summed E-state index contributed by atoms with van der Waals surface area (Å²) < 4.78 is 0. The second-order valence-corrected chi connectivity index (χ2v) is 5.85. The van der Waals surface area contributed by atoms with E-state index in [0.29, 0.717) is 0 Å². The average molecular weight is 238 g/mol. The molecule has 3 nitrogen and oxygen atoms in total. The van der Waals surface area contributed by atoms with Crippen molar-refractivity contribution in [1.82, 2.24) is 5.32 Å². The van der Waals surface area contributed by atoms with Crippen molar-refractivity contribution in [2.75, 3.05) is 6.54 Å². The van der Waals surface area contributed by atoms with Crippen LogP contribution in [0.25, 0.3) is 0 Å². The molecule has 2 saturated carbocycles. The van der Waals surface area contributed by atoms with Crippen LogP contribution in [-0.4, -0.2) is 18.5 Å². The van der Waals surface area contributed by atoms with Gasteiger partial charge in [0.1, 0.15) is 0 Å². The zero-order valence-electron chi connectivity index (χ0n) is 10.8. The maximum absolute atomic E-state index is 12.0. The summed E-state index contributed by atoms with van der Waals surface area (Å²) in [6.45, 7) is 0.870. The van der Waals surface area contributed by atoms with Crippen LogP contribution in [-0.2, 0) is 4.79 Å². The number of carbonyl (C=O) groups excluding carboxylic acids is 1. The lowest BCUT2D eigenvalue weighted by Gasteiger charge is -2.25. The molecule has 2 unspecified atom stereocenters. The smallest absolute Gasteiger partial charge is 0.223 e. The molecular formula is C14H26N2O. The predicted octanol–water partition coefficient (Wildman–Crippen LogP) is 2.20. The molecule has 0 saturated heterocycles. The Morgan fingerprint density at radius 2 is 1.88 bits per heavy atom. The van der Waals surface area contributed by atoms with Crippen molar-refractivity contribution in [2.24, 2.45) is 17.6 Å². The zero-order valence-corrected chi connectivity index (χ0v) is 10.8. The summed E-state index contributed by atoms with van der Waals surface area (Å²) in [5.41, 5.74) is 5.91. The third-order valence-electron chi connectivity index (χ3n) is 4.41. The van der Waals surface area contributed by atoms with Crippen LogP contribution in [0.4, 0.5) is 0 Å². The fourth-order valence-corrected chi connectivity index (χ4v) is 3.31. The Morgan fingerprint density at radius 1 is 1.12 bits per heavy atom. The maximum Gasteiger partial charge on any atom is 0.223 e. The van der Waals surface area contributed by atoms with Crippen LogP contribution in [0.3, 0.4) is 0 Å². The van der Waals surface area contributed by atoms with E-state index in [9.17, 15) is 4.79 Å². The summed E-state index contributed by atoms with van der Waals surface area (Å²) >= 11 is 0. The summed E-state index contributed by atoms with van der Waals surface area (Å²) in [5, 5.41) is 3.11. The van der Waals surface area contributed by atoms with Gasteiger partial charge in [-0.2, -0.15) is 0 Å². The van der Waals surface area contributed by atoms with Gasteiger partial charge in [0.25, 0.3) is 0 Å². The molecule has 3 heteroatoms. The van der Waals surface area contributed by atoms with Crippen LogP contribution < -0.4 is 11.1 Å². The third-order valence-corrected chi connectivity index (χ3v) is 4.41. The van der Waals surface area contributed by atoms with Gasteiger partial charge in [-0.3, -0.25) is 4.79 Å². The highest BCUT2D eigenvalue weighted by atomic mass is 16.1. The van der Waals surface area contributed by atoms with Crippen LogP contribution in [0.15, 0.2) is 0 Å². The van der Waals surface area contributed by atoms with E-state index in [1.165, 1.54) is 32.1 Å². The van der Waals surface area contributed by atoms with E-state index in [0.717, 1.165) is 38.1 Å². The van der Waals surface area contributed by atoms with Gasteiger partial charge in [0, 0.05) is 18.5 Å². The van der Waals surface area contributed by atoms with Gasteiger partial charge in [0.2, 0.25) is 5.91 Å². The summed E-state index contributed by atoms with van der Waals surface area (Å²) in [6, 6.07) is 0.245. The van der Waals surface area contributed by atoms with E-state index in [-0.39, 0.29) is 17.9 Å². The molecule has 0 bridgehead atoms. The summed E-state index contributed by atoms with van der Waals surface area (Å²) in [7, 11) is 0. The topological polar surface area (TPSA) is 55.1 Å². The Balaban J connectivity index is 1.62. The molecule has 98 valence electrons. The predicted molar refractivity (Wildman–Crippen MR) is 69.5 cm³/mol. The molecule has 3 N–H and O–H groups in total. The quantitative estimate of drug-likeness (QED) is 0.789. The van der Waals surface area contributed by atoms with Gasteiger partial charge in [-0.05, 0) is 31.6 Å². The van der Waals surface area contributed by atoms with E-state index in [1.54, 1.807) is 0 Å². The lowest BCUT2D eigenvalue weighted by atomic mass is 9.85. The minimum Gasteiger partial charge on any atom is -0.356 e. The van der Waals surface area contributed by atoms with Crippen LogP contribution in [0, 0.1) is 11.8 Å².